The first kappa shape index (κ1) is 17.6. The van der Waals surface area contributed by atoms with Gasteiger partial charge in [0.15, 0.2) is 0 Å². The Morgan fingerprint density at radius 3 is 2.56 bits per heavy atom. The van der Waals surface area contributed by atoms with Crippen LogP contribution in [0.1, 0.15) is 49.0 Å². The summed E-state index contributed by atoms with van der Waals surface area (Å²) in [5, 5.41) is 0. The normalized spacial score (nSPS) is 27.6. The van der Waals surface area contributed by atoms with Crippen LogP contribution in [0.15, 0.2) is 24.4 Å². The molecule has 1 amide bonds. The summed E-state index contributed by atoms with van der Waals surface area (Å²) in [4.78, 5) is 21.7. The third-order valence-electron chi connectivity index (χ3n) is 6.87. The van der Waals surface area contributed by atoms with Crippen LogP contribution in [0.25, 0.3) is 0 Å². The van der Waals surface area contributed by atoms with E-state index in [1.807, 2.05) is 23.1 Å². The van der Waals surface area contributed by atoms with Crippen molar-refractivity contribution in [2.75, 3.05) is 39.4 Å². The van der Waals surface area contributed by atoms with E-state index >= 15 is 0 Å². The number of amides is 1. The monoisotopic (exact) mass is 369 g/mol. The summed E-state index contributed by atoms with van der Waals surface area (Å²) in [6, 6.07) is 5.58. The Morgan fingerprint density at radius 1 is 1.07 bits per heavy atom. The highest BCUT2D eigenvalue weighted by Crippen LogP contribution is 2.42. The second-order valence-electron chi connectivity index (χ2n) is 9.33. The van der Waals surface area contributed by atoms with Gasteiger partial charge in [-0.2, -0.15) is 0 Å². The second kappa shape index (κ2) is 7.17. The molecule has 0 unspecified atom stereocenters. The van der Waals surface area contributed by atoms with Crippen molar-refractivity contribution in [3.05, 3.63) is 30.1 Å². The molecule has 5 nitrogen and oxygen atoms in total. The lowest BCUT2D eigenvalue weighted by atomic mass is 9.74. The lowest BCUT2D eigenvalue weighted by Gasteiger charge is -2.59. The third-order valence-corrected chi connectivity index (χ3v) is 6.87. The van der Waals surface area contributed by atoms with Crippen molar-refractivity contribution in [3.8, 4) is 0 Å². The van der Waals surface area contributed by atoms with Gasteiger partial charge in [-0.3, -0.25) is 14.7 Å². The van der Waals surface area contributed by atoms with Crippen LogP contribution in [0.3, 0.4) is 0 Å². The van der Waals surface area contributed by atoms with Crippen molar-refractivity contribution in [3.63, 3.8) is 0 Å². The average Bonchev–Trinajstić information content (AvgIpc) is 3.57. The first-order chi connectivity index (χ1) is 13.2. The van der Waals surface area contributed by atoms with Crippen molar-refractivity contribution in [1.29, 1.82) is 0 Å². The zero-order valence-electron chi connectivity index (χ0n) is 16.2. The summed E-state index contributed by atoms with van der Waals surface area (Å²) in [5.41, 5.74) is 0.750. The van der Waals surface area contributed by atoms with Gasteiger partial charge in [-0.15, -0.1) is 0 Å². The van der Waals surface area contributed by atoms with Crippen LogP contribution in [0.2, 0.25) is 0 Å². The Morgan fingerprint density at radius 2 is 1.85 bits per heavy atom. The van der Waals surface area contributed by atoms with Crippen molar-refractivity contribution in [1.82, 2.24) is 14.8 Å². The van der Waals surface area contributed by atoms with E-state index in [0.717, 1.165) is 38.1 Å². The highest BCUT2D eigenvalue weighted by atomic mass is 16.5. The molecular weight excluding hydrogens is 338 g/mol. The van der Waals surface area contributed by atoms with Crippen LogP contribution in [0.5, 0.6) is 0 Å². The predicted molar refractivity (Wildman–Crippen MR) is 103 cm³/mol. The molecule has 5 heteroatoms. The first-order valence-corrected chi connectivity index (χ1v) is 10.7. The van der Waals surface area contributed by atoms with E-state index in [0.29, 0.717) is 11.6 Å². The molecule has 2 aliphatic carbocycles. The van der Waals surface area contributed by atoms with Gasteiger partial charge in [0.1, 0.15) is 5.69 Å². The minimum absolute atomic E-state index is 0.0831. The molecule has 27 heavy (non-hydrogen) atoms. The number of carbonyl (C=O) groups is 1. The highest BCUT2D eigenvalue weighted by molar-refractivity contribution is 5.93. The number of likely N-dealkylation sites (tertiary alicyclic amines) is 2. The molecule has 2 aliphatic heterocycles. The Labute approximate surface area is 162 Å². The number of aromatic nitrogens is 1. The minimum Gasteiger partial charge on any atom is -0.381 e. The van der Waals surface area contributed by atoms with Gasteiger partial charge in [-0.1, -0.05) is 6.07 Å². The van der Waals surface area contributed by atoms with Crippen molar-refractivity contribution < 1.29 is 9.53 Å². The topological polar surface area (TPSA) is 45.7 Å². The number of piperidine rings is 1. The molecule has 1 spiro atoms. The van der Waals surface area contributed by atoms with E-state index in [-0.39, 0.29) is 11.4 Å². The standard InChI is InChI=1S/C22H31N3O2/c26-21(20-3-1-2-9-23-20)24-15-22(16-24)11-19(14-27-13-18-6-7-18)8-10-25(22)12-17-4-5-17/h1-3,9,17-19H,4-8,10-16H2/t19-/m0/s1. The maximum absolute atomic E-state index is 12.7. The molecule has 2 saturated heterocycles. The summed E-state index contributed by atoms with van der Waals surface area (Å²) in [6.07, 6.45) is 9.61. The molecule has 0 aromatic carbocycles. The van der Waals surface area contributed by atoms with Gasteiger partial charge in [0.05, 0.1) is 5.54 Å². The number of pyridine rings is 1. The lowest BCUT2D eigenvalue weighted by molar-refractivity contribution is -0.0897. The molecule has 2 saturated carbocycles. The summed E-state index contributed by atoms with van der Waals surface area (Å²) in [5.74, 6) is 2.46. The molecule has 1 atom stereocenters. The summed E-state index contributed by atoms with van der Waals surface area (Å²) in [7, 11) is 0. The van der Waals surface area contributed by atoms with Gasteiger partial charge < -0.3 is 9.64 Å². The predicted octanol–water partition coefficient (Wildman–Crippen LogP) is 2.82. The van der Waals surface area contributed by atoms with E-state index in [4.69, 9.17) is 4.74 Å². The van der Waals surface area contributed by atoms with Gasteiger partial charge in [0.25, 0.3) is 5.91 Å². The van der Waals surface area contributed by atoms with Crippen LogP contribution in [0, 0.1) is 17.8 Å². The smallest absolute Gasteiger partial charge is 0.272 e. The summed E-state index contributed by atoms with van der Waals surface area (Å²) in [6.45, 7) is 5.96. The number of hydrogen-bond acceptors (Lipinski definition) is 4. The number of nitrogens with zero attached hydrogens (tertiary/aromatic N) is 3. The fourth-order valence-corrected chi connectivity index (χ4v) is 4.86. The van der Waals surface area contributed by atoms with Gasteiger partial charge in [-0.05, 0) is 75.0 Å². The maximum atomic E-state index is 12.7. The summed E-state index contributed by atoms with van der Waals surface area (Å²) >= 11 is 0. The number of rotatable bonds is 7. The number of carbonyl (C=O) groups excluding carboxylic acids is 1. The molecule has 3 heterocycles. The number of hydrogen-bond donors (Lipinski definition) is 0. The van der Waals surface area contributed by atoms with Crippen molar-refractivity contribution >= 4 is 5.91 Å². The van der Waals surface area contributed by atoms with E-state index in [9.17, 15) is 4.79 Å². The fourth-order valence-electron chi connectivity index (χ4n) is 4.86. The first-order valence-electron chi connectivity index (χ1n) is 10.7. The van der Waals surface area contributed by atoms with E-state index in [1.54, 1.807) is 6.20 Å². The van der Waals surface area contributed by atoms with Crippen LogP contribution in [-0.2, 0) is 4.74 Å². The molecule has 1 aromatic heterocycles. The van der Waals surface area contributed by atoms with Crippen LogP contribution in [0.4, 0.5) is 0 Å². The van der Waals surface area contributed by atoms with E-state index in [1.165, 1.54) is 51.6 Å². The van der Waals surface area contributed by atoms with Crippen LogP contribution in [-0.4, -0.2) is 65.6 Å². The van der Waals surface area contributed by atoms with Crippen LogP contribution >= 0.6 is 0 Å². The van der Waals surface area contributed by atoms with Crippen molar-refractivity contribution in [2.24, 2.45) is 17.8 Å². The lowest BCUT2D eigenvalue weighted by Crippen LogP contribution is -2.73. The average molecular weight is 370 g/mol. The Balaban J connectivity index is 1.21. The van der Waals surface area contributed by atoms with E-state index < -0.39 is 0 Å². The molecule has 4 aliphatic rings. The van der Waals surface area contributed by atoms with Gasteiger partial charge >= 0.3 is 0 Å². The largest absolute Gasteiger partial charge is 0.381 e. The summed E-state index contributed by atoms with van der Waals surface area (Å²) < 4.78 is 6.02. The molecule has 5 rings (SSSR count). The quantitative estimate of drug-likeness (QED) is 0.741. The van der Waals surface area contributed by atoms with E-state index in [2.05, 4.69) is 9.88 Å². The molecule has 146 valence electrons. The molecule has 0 N–H and O–H groups in total. The Kier molecular flexibility index (Phi) is 4.68. The zero-order chi connectivity index (χ0) is 18.3. The molecule has 0 bridgehead atoms. The van der Waals surface area contributed by atoms with Gasteiger partial charge in [0.2, 0.25) is 0 Å². The second-order valence-corrected chi connectivity index (χ2v) is 9.33. The minimum atomic E-state index is 0.0831. The van der Waals surface area contributed by atoms with Gasteiger partial charge in [-0.25, -0.2) is 0 Å². The maximum Gasteiger partial charge on any atom is 0.272 e. The molecular formula is C22H31N3O2. The SMILES string of the molecule is O=C(c1ccccn1)N1CC2(C[C@@H](COCC3CC3)CCN2CC2CC2)C1. The number of ether oxygens (including phenoxy) is 1. The Bertz CT molecular complexity index is 665. The zero-order valence-corrected chi connectivity index (χ0v) is 16.2. The molecule has 4 fully saturated rings. The van der Waals surface area contributed by atoms with Crippen molar-refractivity contribution in [2.45, 2.75) is 44.1 Å². The Hall–Kier alpha value is -1.46. The molecule has 1 aromatic rings. The van der Waals surface area contributed by atoms with Crippen LogP contribution < -0.4 is 0 Å². The fraction of sp³-hybridized carbons (Fsp3) is 0.727. The highest BCUT2D eigenvalue weighted by Gasteiger charge is 2.53. The third kappa shape index (κ3) is 3.90. The molecule has 0 radical (unpaired) electrons. The van der Waals surface area contributed by atoms with Gasteiger partial charge in [0, 0.05) is 39.0 Å².